The lowest BCUT2D eigenvalue weighted by molar-refractivity contribution is 0.202. The van der Waals surface area contributed by atoms with Gasteiger partial charge in [-0.1, -0.05) is 45.8 Å². The molecule has 17 heavy (non-hydrogen) atoms. The number of aliphatic hydroxyl groups is 1. The largest absolute Gasteiger partial charge is 0.396 e. The molecule has 3 atom stereocenters. The minimum Gasteiger partial charge on any atom is -0.396 e. The topological polar surface area (TPSA) is 20.2 Å². The molecule has 0 amide bonds. The summed E-state index contributed by atoms with van der Waals surface area (Å²) in [5, 5.41) is 9.07. The van der Waals surface area contributed by atoms with Crippen molar-refractivity contribution in [3.63, 3.8) is 0 Å². The number of hydrogen-bond acceptors (Lipinski definition) is 1. The lowest BCUT2D eigenvalue weighted by Crippen LogP contribution is -2.21. The quantitative estimate of drug-likeness (QED) is 0.679. The highest BCUT2D eigenvalue weighted by Gasteiger charge is 2.34. The fourth-order valence-corrected chi connectivity index (χ4v) is 3.04. The third-order valence-corrected chi connectivity index (χ3v) is 4.87. The van der Waals surface area contributed by atoms with Gasteiger partial charge in [-0.3, -0.25) is 0 Å². The van der Waals surface area contributed by atoms with Gasteiger partial charge in [-0.15, -0.1) is 0 Å². The summed E-state index contributed by atoms with van der Waals surface area (Å²) in [6, 6.07) is 0. The molecule has 1 N–H and O–H groups in total. The zero-order valence-electron chi connectivity index (χ0n) is 12.3. The van der Waals surface area contributed by atoms with Crippen molar-refractivity contribution < 1.29 is 5.11 Å². The lowest BCUT2D eigenvalue weighted by Gasteiger charge is -2.30. The molecule has 0 aromatic carbocycles. The molecule has 0 aromatic rings. The van der Waals surface area contributed by atoms with Crippen molar-refractivity contribution in [1.29, 1.82) is 0 Å². The van der Waals surface area contributed by atoms with Gasteiger partial charge in [0.25, 0.3) is 0 Å². The van der Waals surface area contributed by atoms with E-state index in [9.17, 15) is 0 Å². The maximum Gasteiger partial charge on any atom is 0.0456 e. The predicted molar refractivity (Wildman–Crippen MR) is 74.9 cm³/mol. The Morgan fingerprint density at radius 1 is 1.35 bits per heavy atom. The van der Waals surface area contributed by atoms with Gasteiger partial charge in [0, 0.05) is 6.61 Å². The molecule has 0 saturated carbocycles. The van der Waals surface area contributed by atoms with Crippen LogP contribution in [-0.4, -0.2) is 11.7 Å². The van der Waals surface area contributed by atoms with Gasteiger partial charge in [0.05, 0.1) is 0 Å². The van der Waals surface area contributed by atoms with Crippen molar-refractivity contribution in [2.24, 2.45) is 23.2 Å². The minimum absolute atomic E-state index is 0.333. The molecule has 1 rings (SSSR count). The van der Waals surface area contributed by atoms with Crippen LogP contribution in [0.25, 0.3) is 0 Å². The van der Waals surface area contributed by atoms with Crippen LogP contribution in [0.15, 0.2) is 11.6 Å². The third kappa shape index (κ3) is 3.84. The van der Waals surface area contributed by atoms with Crippen LogP contribution in [0.2, 0.25) is 0 Å². The van der Waals surface area contributed by atoms with Crippen molar-refractivity contribution in [3.8, 4) is 0 Å². The molecule has 0 fully saturated rings. The summed E-state index contributed by atoms with van der Waals surface area (Å²) in [7, 11) is 0. The molecule has 1 aliphatic rings. The highest BCUT2D eigenvalue weighted by molar-refractivity contribution is 5.18. The molecule has 0 heterocycles. The van der Waals surface area contributed by atoms with Crippen molar-refractivity contribution in [2.75, 3.05) is 6.61 Å². The average molecular weight is 238 g/mol. The van der Waals surface area contributed by atoms with Crippen molar-refractivity contribution >= 4 is 0 Å². The zero-order valence-corrected chi connectivity index (χ0v) is 12.3. The fourth-order valence-electron chi connectivity index (χ4n) is 3.04. The van der Waals surface area contributed by atoms with E-state index in [4.69, 9.17) is 5.11 Å². The highest BCUT2D eigenvalue weighted by atomic mass is 16.3. The van der Waals surface area contributed by atoms with E-state index in [1.54, 1.807) is 5.57 Å². The van der Waals surface area contributed by atoms with E-state index in [0.717, 1.165) is 18.3 Å². The van der Waals surface area contributed by atoms with Crippen molar-refractivity contribution in [2.45, 2.75) is 60.3 Å². The molecule has 0 radical (unpaired) electrons. The molecule has 0 spiro atoms. The molecule has 0 aliphatic heterocycles. The first-order valence-electron chi connectivity index (χ1n) is 7.16. The van der Waals surface area contributed by atoms with Gasteiger partial charge in [0.1, 0.15) is 0 Å². The molecule has 0 saturated heterocycles. The first-order chi connectivity index (χ1) is 7.87. The molecule has 3 unspecified atom stereocenters. The monoisotopic (exact) mass is 238 g/mol. The average Bonchev–Trinajstić information content (AvgIpc) is 2.51. The van der Waals surface area contributed by atoms with E-state index < -0.39 is 0 Å². The number of allylic oxidation sites excluding steroid dienone is 2. The van der Waals surface area contributed by atoms with Crippen LogP contribution in [0.5, 0.6) is 0 Å². The Kier molecular flexibility index (Phi) is 5.24. The summed E-state index contributed by atoms with van der Waals surface area (Å²) in [6.07, 6.45) is 7.49. The van der Waals surface area contributed by atoms with Crippen LogP contribution in [0.1, 0.15) is 60.3 Å². The van der Waals surface area contributed by atoms with Gasteiger partial charge in [-0.25, -0.2) is 0 Å². The maximum absolute atomic E-state index is 9.07. The smallest absolute Gasteiger partial charge is 0.0456 e. The second-order valence-corrected chi connectivity index (χ2v) is 6.75. The SMILES string of the molecule is CC1=CCC(CCC(C)CC(C)CO)C1(C)C. The van der Waals surface area contributed by atoms with Crippen LogP contribution >= 0.6 is 0 Å². The van der Waals surface area contributed by atoms with Gasteiger partial charge in [-0.05, 0) is 49.4 Å². The normalized spacial score (nSPS) is 26.7. The summed E-state index contributed by atoms with van der Waals surface area (Å²) >= 11 is 0. The zero-order chi connectivity index (χ0) is 13.1. The van der Waals surface area contributed by atoms with Crippen LogP contribution in [0.3, 0.4) is 0 Å². The minimum atomic E-state index is 0.333. The number of hydrogen-bond donors (Lipinski definition) is 1. The Morgan fingerprint density at radius 3 is 2.47 bits per heavy atom. The maximum atomic E-state index is 9.07. The van der Waals surface area contributed by atoms with E-state index in [2.05, 4.69) is 40.7 Å². The molecule has 1 aliphatic carbocycles. The van der Waals surface area contributed by atoms with Crippen LogP contribution in [0.4, 0.5) is 0 Å². The summed E-state index contributed by atoms with van der Waals surface area (Å²) in [5.74, 6) is 2.03. The van der Waals surface area contributed by atoms with E-state index in [1.165, 1.54) is 19.3 Å². The molecule has 1 nitrogen and oxygen atoms in total. The summed E-state index contributed by atoms with van der Waals surface area (Å²) in [5.41, 5.74) is 1.97. The van der Waals surface area contributed by atoms with Gasteiger partial charge < -0.3 is 5.11 Å². The first-order valence-corrected chi connectivity index (χ1v) is 7.16. The second kappa shape index (κ2) is 6.04. The third-order valence-electron chi connectivity index (χ3n) is 4.87. The molecule has 0 bridgehead atoms. The van der Waals surface area contributed by atoms with E-state index in [-0.39, 0.29) is 0 Å². The van der Waals surface area contributed by atoms with Gasteiger partial charge in [0.15, 0.2) is 0 Å². The van der Waals surface area contributed by atoms with E-state index in [0.29, 0.717) is 17.9 Å². The standard InChI is InChI=1S/C16H30O/c1-12(10-13(2)11-17)6-8-15-9-7-14(3)16(15,4)5/h7,12-13,15,17H,6,8-11H2,1-5H3. The Balaban J connectivity index is 2.33. The Labute approximate surface area is 107 Å². The number of rotatable bonds is 6. The highest BCUT2D eigenvalue weighted by Crippen LogP contribution is 2.45. The number of aliphatic hydroxyl groups excluding tert-OH is 1. The van der Waals surface area contributed by atoms with Crippen LogP contribution < -0.4 is 0 Å². The van der Waals surface area contributed by atoms with Gasteiger partial charge >= 0.3 is 0 Å². The Bertz CT molecular complexity index is 265. The van der Waals surface area contributed by atoms with Gasteiger partial charge in [0.2, 0.25) is 0 Å². The molecular weight excluding hydrogens is 208 g/mol. The van der Waals surface area contributed by atoms with Crippen molar-refractivity contribution in [3.05, 3.63) is 11.6 Å². The molecule has 1 heteroatoms. The molecule has 0 aromatic heterocycles. The first kappa shape index (κ1) is 14.8. The summed E-state index contributed by atoms with van der Waals surface area (Å²) < 4.78 is 0. The van der Waals surface area contributed by atoms with Crippen LogP contribution in [-0.2, 0) is 0 Å². The Hall–Kier alpha value is -0.300. The second-order valence-electron chi connectivity index (χ2n) is 6.75. The van der Waals surface area contributed by atoms with E-state index >= 15 is 0 Å². The Morgan fingerprint density at radius 2 is 2.00 bits per heavy atom. The lowest BCUT2D eigenvalue weighted by atomic mass is 9.74. The summed E-state index contributed by atoms with van der Waals surface area (Å²) in [4.78, 5) is 0. The van der Waals surface area contributed by atoms with E-state index in [1.807, 2.05) is 0 Å². The molecule has 100 valence electrons. The van der Waals surface area contributed by atoms with Crippen molar-refractivity contribution in [1.82, 2.24) is 0 Å². The molecular formula is C16H30O. The predicted octanol–water partition coefficient (Wildman–Crippen LogP) is 4.41. The van der Waals surface area contributed by atoms with Gasteiger partial charge in [-0.2, -0.15) is 0 Å². The fraction of sp³-hybridized carbons (Fsp3) is 0.875. The van der Waals surface area contributed by atoms with Crippen LogP contribution in [0, 0.1) is 23.2 Å². The summed E-state index contributed by atoms with van der Waals surface area (Å²) in [6.45, 7) is 11.8.